The fourth-order valence-corrected chi connectivity index (χ4v) is 1.11. The van der Waals surface area contributed by atoms with E-state index in [0.29, 0.717) is 0 Å². The third kappa shape index (κ3) is 1.70. The van der Waals surface area contributed by atoms with Gasteiger partial charge in [-0.15, -0.1) is 0 Å². The summed E-state index contributed by atoms with van der Waals surface area (Å²) >= 11 is 0. The monoisotopic (exact) mass is 127 g/mol. The largest absolute Gasteiger partial charge is 0.393 e. The molecule has 1 atom stereocenters. The molecule has 0 aromatic carbocycles. The second-order valence-electron chi connectivity index (χ2n) is 3.34. The second-order valence-corrected chi connectivity index (χ2v) is 3.34. The molecule has 1 aliphatic rings. The van der Waals surface area contributed by atoms with E-state index in [1.54, 1.807) is 0 Å². The van der Waals surface area contributed by atoms with Gasteiger partial charge in [-0.1, -0.05) is 19.0 Å². The molecule has 1 unspecified atom stereocenters. The first-order chi connectivity index (χ1) is 4.10. The van der Waals surface area contributed by atoms with Crippen molar-refractivity contribution in [3.05, 3.63) is 0 Å². The van der Waals surface area contributed by atoms with Crippen molar-refractivity contribution in [2.45, 2.75) is 33.3 Å². The first-order valence-electron chi connectivity index (χ1n) is 3.30. The van der Waals surface area contributed by atoms with Gasteiger partial charge in [0.25, 0.3) is 0 Å². The molecule has 52 valence electrons. The third-order valence-electron chi connectivity index (χ3n) is 1.46. The summed E-state index contributed by atoms with van der Waals surface area (Å²) in [4.78, 5) is 4.98. The van der Waals surface area contributed by atoms with Gasteiger partial charge in [0, 0.05) is 11.6 Å². The Balaban J connectivity index is 2.60. The van der Waals surface area contributed by atoms with Gasteiger partial charge in [-0.3, -0.25) is 0 Å². The lowest BCUT2D eigenvalue weighted by Gasteiger charge is -2.26. The number of hydrogen-bond acceptors (Lipinski definition) is 2. The van der Waals surface area contributed by atoms with E-state index in [0.717, 1.165) is 6.42 Å². The molecule has 0 spiro atoms. The van der Waals surface area contributed by atoms with Crippen molar-refractivity contribution in [2.75, 3.05) is 0 Å². The normalized spacial score (nSPS) is 31.7. The Hall–Kier alpha value is -0.530. The van der Waals surface area contributed by atoms with Crippen molar-refractivity contribution in [1.82, 2.24) is 0 Å². The predicted molar refractivity (Wildman–Crippen MR) is 37.4 cm³/mol. The molecule has 0 amide bonds. The zero-order valence-corrected chi connectivity index (χ0v) is 6.22. The van der Waals surface area contributed by atoms with Crippen LogP contribution in [0, 0.1) is 5.41 Å². The van der Waals surface area contributed by atoms with Crippen molar-refractivity contribution in [3.63, 3.8) is 0 Å². The van der Waals surface area contributed by atoms with Crippen LogP contribution in [0.15, 0.2) is 5.16 Å². The topological polar surface area (TPSA) is 21.6 Å². The quantitative estimate of drug-likeness (QED) is 0.486. The van der Waals surface area contributed by atoms with Gasteiger partial charge in [0.15, 0.2) is 0 Å². The Labute approximate surface area is 55.9 Å². The van der Waals surface area contributed by atoms with Crippen LogP contribution in [-0.4, -0.2) is 12.3 Å². The Kier molecular flexibility index (Phi) is 1.47. The first-order valence-corrected chi connectivity index (χ1v) is 3.30. The predicted octanol–water partition coefficient (Wildman–Crippen LogP) is 1.81. The molecule has 1 rings (SSSR count). The maximum Gasteiger partial charge on any atom is 0.125 e. The Morgan fingerprint density at radius 2 is 2.33 bits per heavy atom. The Bertz CT molecular complexity index is 129. The summed E-state index contributed by atoms with van der Waals surface area (Å²) in [6.07, 6.45) is 3.22. The zero-order chi connectivity index (χ0) is 6.91. The SMILES string of the molecule is CC1CC(C)(C)C=NO1. The van der Waals surface area contributed by atoms with Crippen molar-refractivity contribution >= 4 is 6.21 Å². The molecule has 0 aromatic rings. The minimum absolute atomic E-state index is 0.234. The van der Waals surface area contributed by atoms with Gasteiger partial charge >= 0.3 is 0 Å². The number of hydrogen-bond donors (Lipinski definition) is 0. The minimum Gasteiger partial charge on any atom is -0.393 e. The van der Waals surface area contributed by atoms with E-state index in [1.165, 1.54) is 0 Å². The second kappa shape index (κ2) is 2.01. The van der Waals surface area contributed by atoms with Gasteiger partial charge in [0.2, 0.25) is 0 Å². The van der Waals surface area contributed by atoms with Crippen LogP contribution >= 0.6 is 0 Å². The highest BCUT2D eigenvalue weighted by Crippen LogP contribution is 2.24. The van der Waals surface area contributed by atoms with E-state index in [9.17, 15) is 0 Å². The van der Waals surface area contributed by atoms with Crippen molar-refractivity contribution in [1.29, 1.82) is 0 Å². The summed E-state index contributed by atoms with van der Waals surface area (Å²) in [5.41, 5.74) is 0.234. The number of oxime groups is 1. The standard InChI is InChI=1S/C7H13NO/c1-6-4-7(2,3)5-8-9-6/h5-6H,4H2,1-3H3. The molecule has 0 bridgehead atoms. The van der Waals surface area contributed by atoms with E-state index in [2.05, 4.69) is 19.0 Å². The molecule has 1 heterocycles. The Morgan fingerprint density at radius 3 is 2.67 bits per heavy atom. The summed E-state index contributed by atoms with van der Waals surface area (Å²) in [6.45, 7) is 6.36. The molecule has 0 aromatic heterocycles. The lowest BCUT2D eigenvalue weighted by atomic mass is 9.88. The molecular formula is C7H13NO. The summed E-state index contributed by atoms with van der Waals surface area (Å²) in [7, 11) is 0. The van der Waals surface area contributed by atoms with Crippen molar-refractivity contribution in [3.8, 4) is 0 Å². The molecular weight excluding hydrogens is 114 g/mol. The molecule has 0 fully saturated rings. The summed E-state index contributed by atoms with van der Waals surface area (Å²) in [6, 6.07) is 0. The van der Waals surface area contributed by atoms with Crippen LogP contribution in [0.5, 0.6) is 0 Å². The molecule has 2 heteroatoms. The molecule has 0 saturated heterocycles. The first kappa shape index (κ1) is 6.59. The number of nitrogens with zero attached hydrogens (tertiary/aromatic N) is 1. The summed E-state index contributed by atoms with van der Waals surface area (Å²) in [5.74, 6) is 0. The molecule has 0 radical (unpaired) electrons. The van der Waals surface area contributed by atoms with Gasteiger partial charge < -0.3 is 4.84 Å². The van der Waals surface area contributed by atoms with Crippen LogP contribution in [0.2, 0.25) is 0 Å². The Morgan fingerprint density at radius 1 is 1.67 bits per heavy atom. The zero-order valence-electron chi connectivity index (χ0n) is 6.22. The van der Waals surface area contributed by atoms with Crippen LogP contribution < -0.4 is 0 Å². The molecule has 1 aliphatic heterocycles. The van der Waals surface area contributed by atoms with E-state index in [4.69, 9.17) is 4.84 Å². The highest BCUT2D eigenvalue weighted by molar-refractivity contribution is 5.64. The average Bonchev–Trinajstić information content (AvgIpc) is 1.60. The fourth-order valence-electron chi connectivity index (χ4n) is 1.11. The maximum atomic E-state index is 4.98. The van der Waals surface area contributed by atoms with E-state index in [1.807, 2.05) is 13.1 Å². The maximum absolute atomic E-state index is 4.98. The highest BCUT2D eigenvalue weighted by Gasteiger charge is 2.23. The minimum atomic E-state index is 0.234. The third-order valence-corrected chi connectivity index (χ3v) is 1.46. The van der Waals surface area contributed by atoms with Gasteiger partial charge in [-0.2, -0.15) is 0 Å². The van der Waals surface area contributed by atoms with Gasteiger partial charge in [0.1, 0.15) is 6.10 Å². The summed E-state index contributed by atoms with van der Waals surface area (Å²) in [5, 5.41) is 3.79. The van der Waals surface area contributed by atoms with E-state index < -0.39 is 0 Å². The van der Waals surface area contributed by atoms with Gasteiger partial charge in [0.05, 0.1) is 0 Å². The average molecular weight is 127 g/mol. The van der Waals surface area contributed by atoms with Crippen molar-refractivity contribution < 1.29 is 4.84 Å². The van der Waals surface area contributed by atoms with Gasteiger partial charge in [-0.05, 0) is 13.3 Å². The molecule has 0 saturated carbocycles. The van der Waals surface area contributed by atoms with Crippen LogP contribution in [0.1, 0.15) is 27.2 Å². The van der Waals surface area contributed by atoms with Crippen LogP contribution in [0.25, 0.3) is 0 Å². The van der Waals surface area contributed by atoms with Crippen LogP contribution in [0.4, 0.5) is 0 Å². The van der Waals surface area contributed by atoms with E-state index in [-0.39, 0.29) is 11.5 Å². The van der Waals surface area contributed by atoms with Crippen LogP contribution in [0.3, 0.4) is 0 Å². The highest BCUT2D eigenvalue weighted by atomic mass is 16.6. The van der Waals surface area contributed by atoms with Gasteiger partial charge in [-0.25, -0.2) is 0 Å². The fraction of sp³-hybridized carbons (Fsp3) is 0.857. The molecule has 2 nitrogen and oxygen atoms in total. The lowest BCUT2D eigenvalue weighted by molar-refractivity contribution is 0.0343. The van der Waals surface area contributed by atoms with E-state index >= 15 is 0 Å². The van der Waals surface area contributed by atoms with Crippen molar-refractivity contribution in [2.24, 2.45) is 10.6 Å². The molecule has 0 N–H and O–H groups in total. The lowest BCUT2D eigenvalue weighted by Crippen LogP contribution is -2.25. The smallest absolute Gasteiger partial charge is 0.125 e. The summed E-state index contributed by atoms with van der Waals surface area (Å²) < 4.78 is 0. The van der Waals surface area contributed by atoms with Crippen LogP contribution in [-0.2, 0) is 4.84 Å². The molecule has 9 heavy (non-hydrogen) atoms. The molecule has 0 aliphatic carbocycles. The number of rotatable bonds is 0.